The Morgan fingerprint density at radius 1 is 0.909 bits per heavy atom. The highest BCUT2D eigenvalue weighted by atomic mass is 31.1. The Morgan fingerprint density at radius 2 is 1.36 bits per heavy atom. The van der Waals surface area contributed by atoms with Gasteiger partial charge in [0, 0.05) is 0 Å². The van der Waals surface area contributed by atoms with E-state index in [4.69, 9.17) is 0 Å². The fourth-order valence-corrected chi connectivity index (χ4v) is 1.29. The van der Waals surface area contributed by atoms with Crippen molar-refractivity contribution >= 4 is 8.58 Å². The highest BCUT2D eigenvalue weighted by Crippen LogP contribution is 2.14. The van der Waals surface area contributed by atoms with Crippen molar-refractivity contribution in [2.75, 3.05) is 0 Å². The summed E-state index contributed by atoms with van der Waals surface area (Å²) in [6, 6.07) is 0. The summed E-state index contributed by atoms with van der Waals surface area (Å²) in [4.78, 5) is 0. The number of unbranched alkanes of at least 4 members (excludes halogenated alkanes) is 2. The molecule has 0 rings (SSSR count). The zero-order valence-electron chi connectivity index (χ0n) is 7.59. The molecule has 0 saturated carbocycles. The van der Waals surface area contributed by atoms with Gasteiger partial charge in [-0.2, -0.15) is 0 Å². The molecule has 0 fully saturated rings. The van der Waals surface area contributed by atoms with E-state index in [1.165, 1.54) is 34.3 Å². The highest BCUT2D eigenvalue weighted by Gasteiger charge is 1.74. The summed E-state index contributed by atoms with van der Waals surface area (Å²) in [5.74, 6) is 4.44. The molecule has 0 aliphatic carbocycles. The maximum Gasteiger partial charge on any atom is -0.0267 e. The largest absolute Gasteiger partial charge is 0.0834 e. The molecule has 1 radical (unpaired) electrons. The van der Waals surface area contributed by atoms with Gasteiger partial charge in [0.2, 0.25) is 0 Å². The molecule has 0 heterocycles. The predicted octanol–water partition coefficient (Wildman–Crippen LogP) is 4.56. The van der Waals surface area contributed by atoms with Gasteiger partial charge in [0.25, 0.3) is 0 Å². The molecule has 63 valence electrons. The third kappa shape index (κ3) is 9.91. The minimum atomic E-state index is 1.22. The maximum absolute atomic E-state index is 2.25. The van der Waals surface area contributed by atoms with Gasteiger partial charge >= 0.3 is 0 Å². The van der Waals surface area contributed by atoms with Crippen LogP contribution < -0.4 is 0 Å². The van der Waals surface area contributed by atoms with Crippen LogP contribution in [0.15, 0.2) is 23.8 Å². The van der Waals surface area contributed by atoms with Gasteiger partial charge in [0.15, 0.2) is 0 Å². The summed E-state index contributed by atoms with van der Waals surface area (Å²) in [6.45, 7) is 4.41. The van der Waals surface area contributed by atoms with E-state index in [2.05, 4.69) is 37.6 Å². The third-order valence-corrected chi connectivity index (χ3v) is 2.06. The van der Waals surface area contributed by atoms with Gasteiger partial charge in [0.1, 0.15) is 0 Å². The van der Waals surface area contributed by atoms with E-state index in [1.54, 1.807) is 0 Å². The average molecular weight is 169 g/mol. The Bertz CT molecular complexity index is 100. The Morgan fingerprint density at radius 3 is 1.73 bits per heavy atom. The first-order chi connectivity index (χ1) is 5.41. The monoisotopic (exact) mass is 169 g/mol. The standard InChI is InChI=1S/C10H18P/c1-3-5-7-9-11-10-8-6-4-2/h7-10H,3-6H2,1-2H3. The molecule has 0 amide bonds. The van der Waals surface area contributed by atoms with Crippen molar-refractivity contribution in [3.8, 4) is 0 Å². The summed E-state index contributed by atoms with van der Waals surface area (Å²) in [7, 11) is 1.33. The van der Waals surface area contributed by atoms with Gasteiger partial charge in [-0.3, -0.25) is 0 Å². The lowest BCUT2D eigenvalue weighted by molar-refractivity contribution is 0.959. The van der Waals surface area contributed by atoms with E-state index >= 15 is 0 Å². The van der Waals surface area contributed by atoms with E-state index in [0.717, 1.165) is 0 Å². The molecule has 1 heteroatoms. The van der Waals surface area contributed by atoms with Crippen LogP contribution >= 0.6 is 8.58 Å². The molecule has 11 heavy (non-hydrogen) atoms. The van der Waals surface area contributed by atoms with Crippen LogP contribution in [0, 0.1) is 0 Å². The van der Waals surface area contributed by atoms with Crippen molar-refractivity contribution in [2.24, 2.45) is 0 Å². The van der Waals surface area contributed by atoms with Crippen molar-refractivity contribution in [2.45, 2.75) is 39.5 Å². The van der Waals surface area contributed by atoms with Crippen LogP contribution in [-0.2, 0) is 0 Å². The van der Waals surface area contributed by atoms with Crippen LogP contribution in [0.5, 0.6) is 0 Å². The topological polar surface area (TPSA) is 0 Å². The number of rotatable bonds is 6. The summed E-state index contributed by atoms with van der Waals surface area (Å²) >= 11 is 0. The molecule has 0 aliphatic heterocycles. The molecule has 0 unspecified atom stereocenters. The minimum absolute atomic E-state index is 1.22. The first-order valence-electron chi connectivity index (χ1n) is 4.41. The smallest absolute Gasteiger partial charge is 0.0267 e. The van der Waals surface area contributed by atoms with Crippen LogP contribution in [-0.4, -0.2) is 0 Å². The Kier molecular flexibility index (Phi) is 9.83. The van der Waals surface area contributed by atoms with E-state index in [1.807, 2.05) is 0 Å². The second-order valence-electron chi connectivity index (χ2n) is 2.50. The fraction of sp³-hybridized carbons (Fsp3) is 0.600. The van der Waals surface area contributed by atoms with Crippen LogP contribution in [0.3, 0.4) is 0 Å². The summed E-state index contributed by atoms with van der Waals surface area (Å²) < 4.78 is 0. The van der Waals surface area contributed by atoms with E-state index in [-0.39, 0.29) is 0 Å². The summed E-state index contributed by atoms with van der Waals surface area (Å²) in [5, 5.41) is 0. The molecule has 0 aromatic rings. The molecular weight excluding hydrogens is 151 g/mol. The molecule has 0 aromatic heterocycles. The van der Waals surface area contributed by atoms with E-state index < -0.39 is 0 Å². The number of hydrogen-bond donors (Lipinski definition) is 0. The molecule has 0 aliphatic rings. The Balaban J connectivity index is 3.11. The van der Waals surface area contributed by atoms with E-state index in [9.17, 15) is 0 Å². The quantitative estimate of drug-likeness (QED) is 0.511. The molecular formula is C10H18P. The van der Waals surface area contributed by atoms with Crippen LogP contribution in [0.2, 0.25) is 0 Å². The number of hydrogen-bond acceptors (Lipinski definition) is 0. The van der Waals surface area contributed by atoms with Gasteiger partial charge < -0.3 is 0 Å². The zero-order chi connectivity index (χ0) is 8.36. The summed E-state index contributed by atoms with van der Waals surface area (Å²) in [6.07, 6.45) is 9.44. The average Bonchev–Trinajstić information content (AvgIpc) is 2.03. The van der Waals surface area contributed by atoms with Gasteiger partial charge in [-0.1, -0.05) is 50.5 Å². The zero-order valence-corrected chi connectivity index (χ0v) is 8.48. The maximum atomic E-state index is 2.25. The molecule has 0 saturated heterocycles. The van der Waals surface area contributed by atoms with Crippen molar-refractivity contribution in [3.05, 3.63) is 23.8 Å². The second kappa shape index (κ2) is 9.91. The molecule has 0 atom stereocenters. The van der Waals surface area contributed by atoms with Gasteiger partial charge in [-0.05, 0) is 21.4 Å². The molecule has 0 bridgehead atoms. The lowest BCUT2D eigenvalue weighted by Crippen LogP contribution is -1.58. The first-order valence-corrected chi connectivity index (χ1v) is 5.45. The van der Waals surface area contributed by atoms with Gasteiger partial charge in [0.05, 0.1) is 0 Å². The van der Waals surface area contributed by atoms with Crippen molar-refractivity contribution < 1.29 is 0 Å². The SMILES string of the molecule is CCCC=C[P]C=CCCC. The number of allylic oxidation sites excluding steroid dienone is 2. The highest BCUT2D eigenvalue weighted by molar-refractivity contribution is 7.45. The van der Waals surface area contributed by atoms with Crippen LogP contribution in [0.25, 0.3) is 0 Å². The van der Waals surface area contributed by atoms with Crippen molar-refractivity contribution in [3.63, 3.8) is 0 Å². The Labute approximate surface area is 72.6 Å². The molecule has 0 aromatic carbocycles. The lowest BCUT2D eigenvalue weighted by atomic mass is 10.3. The molecule has 0 N–H and O–H groups in total. The summed E-state index contributed by atoms with van der Waals surface area (Å²) in [5.41, 5.74) is 0. The Hall–Kier alpha value is -0.0900. The van der Waals surface area contributed by atoms with Gasteiger partial charge in [-0.25, -0.2) is 0 Å². The predicted molar refractivity (Wildman–Crippen MR) is 55.0 cm³/mol. The van der Waals surface area contributed by atoms with E-state index in [0.29, 0.717) is 0 Å². The first kappa shape index (κ1) is 10.9. The second-order valence-corrected chi connectivity index (χ2v) is 3.39. The van der Waals surface area contributed by atoms with Crippen molar-refractivity contribution in [1.29, 1.82) is 0 Å². The van der Waals surface area contributed by atoms with Crippen LogP contribution in [0.1, 0.15) is 39.5 Å². The molecule has 0 nitrogen and oxygen atoms in total. The van der Waals surface area contributed by atoms with Gasteiger partial charge in [-0.15, -0.1) is 0 Å². The third-order valence-electron chi connectivity index (χ3n) is 1.29. The fourth-order valence-electron chi connectivity index (χ4n) is 0.654. The van der Waals surface area contributed by atoms with Crippen molar-refractivity contribution in [1.82, 2.24) is 0 Å². The molecule has 0 spiro atoms. The normalized spacial score (nSPS) is 12.9. The van der Waals surface area contributed by atoms with Crippen LogP contribution in [0.4, 0.5) is 0 Å². The minimum Gasteiger partial charge on any atom is -0.0834 e. The lowest BCUT2D eigenvalue weighted by Gasteiger charge is -1.84.